The van der Waals surface area contributed by atoms with E-state index in [1.807, 2.05) is 32.0 Å². The molecule has 1 N–H and O–H groups in total. The smallest absolute Gasteiger partial charge is 0.240 e. The van der Waals surface area contributed by atoms with Crippen molar-refractivity contribution in [3.8, 4) is 0 Å². The molecule has 4 heteroatoms. The molecule has 0 bridgehead atoms. The number of carbonyl (C=O) groups excluding carboxylic acids is 2. The molecule has 0 saturated heterocycles. The predicted octanol–water partition coefficient (Wildman–Crippen LogP) is 1.93. The van der Waals surface area contributed by atoms with Crippen molar-refractivity contribution in [3.63, 3.8) is 0 Å². The van der Waals surface area contributed by atoms with E-state index in [2.05, 4.69) is 5.32 Å². The quantitative estimate of drug-likeness (QED) is 0.899. The Bertz CT molecular complexity index is 507. The van der Waals surface area contributed by atoms with Crippen LogP contribution in [0.4, 0.5) is 5.69 Å². The van der Waals surface area contributed by atoms with Crippen LogP contribution in [0.2, 0.25) is 0 Å². The molecular weight excluding hydrogens is 240 g/mol. The Hall–Kier alpha value is -1.84. The van der Waals surface area contributed by atoms with Crippen molar-refractivity contribution in [1.29, 1.82) is 0 Å². The monoisotopic (exact) mass is 260 g/mol. The molecule has 0 aromatic heterocycles. The van der Waals surface area contributed by atoms with Crippen molar-refractivity contribution in [2.75, 3.05) is 11.4 Å². The van der Waals surface area contributed by atoms with Crippen LogP contribution in [0.5, 0.6) is 0 Å². The van der Waals surface area contributed by atoms with Crippen molar-refractivity contribution in [2.45, 2.75) is 39.7 Å². The second kappa shape index (κ2) is 5.43. The van der Waals surface area contributed by atoms with Crippen LogP contribution in [0.1, 0.15) is 30.9 Å². The SMILES string of the molecule is CC(=O)N(CC(=O)NC1CC1)c1cc(C)ccc1C. The largest absolute Gasteiger partial charge is 0.352 e. The van der Waals surface area contributed by atoms with Gasteiger partial charge in [-0.1, -0.05) is 12.1 Å². The molecule has 4 nitrogen and oxygen atoms in total. The second-order valence-corrected chi connectivity index (χ2v) is 5.24. The highest BCUT2D eigenvalue weighted by Gasteiger charge is 2.25. The maximum Gasteiger partial charge on any atom is 0.240 e. The maximum absolute atomic E-state index is 11.9. The van der Waals surface area contributed by atoms with Gasteiger partial charge in [0.2, 0.25) is 11.8 Å². The van der Waals surface area contributed by atoms with Crippen LogP contribution in [0.25, 0.3) is 0 Å². The van der Waals surface area contributed by atoms with E-state index in [1.165, 1.54) is 6.92 Å². The highest BCUT2D eigenvalue weighted by molar-refractivity contribution is 5.98. The molecule has 2 amide bonds. The van der Waals surface area contributed by atoms with Crippen molar-refractivity contribution in [2.24, 2.45) is 0 Å². The molecule has 1 aliphatic carbocycles. The third-order valence-electron chi connectivity index (χ3n) is 3.28. The molecule has 0 aliphatic heterocycles. The molecule has 1 saturated carbocycles. The highest BCUT2D eigenvalue weighted by Crippen LogP contribution is 2.22. The van der Waals surface area contributed by atoms with Crippen LogP contribution < -0.4 is 10.2 Å². The van der Waals surface area contributed by atoms with E-state index in [0.717, 1.165) is 29.7 Å². The van der Waals surface area contributed by atoms with E-state index >= 15 is 0 Å². The van der Waals surface area contributed by atoms with E-state index < -0.39 is 0 Å². The van der Waals surface area contributed by atoms with Crippen LogP contribution in [0, 0.1) is 13.8 Å². The highest BCUT2D eigenvalue weighted by atomic mass is 16.2. The van der Waals surface area contributed by atoms with Crippen LogP contribution >= 0.6 is 0 Å². The average Bonchev–Trinajstić information content (AvgIpc) is 3.13. The Balaban J connectivity index is 2.16. The van der Waals surface area contributed by atoms with Crippen LogP contribution in [-0.4, -0.2) is 24.4 Å². The molecule has 0 radical (unpaired) electrons. The lowest BCUT2D eigenvalue weighted by atomic mass is 10.1. The van der Waals surface area contributed by atoms with Gasteiger partial charge in [-0.15, -0.1) is 0 Å². The van der Waals surface area contributed by atoms with Gasteiger partial charge in [0.1, 0.15) is 6.54 Å². The summed E-state index contributed by atoms with van der Waals surface area (Å²) in [5.74, 6) is -0.196. The van der Waals surface area contributed by atoms with Gasteiger partial charge in [-0.05, 0) is 43.9 Å². The van der Waals surface area contributed by atoms with Gasteiger partial charge in [-0.25, -0.2) is 0 Å². The van der Waals surface area contributed by atoms with Gasteiger partial charge in [0.15, 0.2) is 0 Å². The van der Waals surface area contributed by atoms with Crippen molar-refractivity contribution in [3.05, 3.63) is 29.3 Å². The molecule has 0 spiro atoms. The van der Waals surface area contributed by atoms with E-state index in [0.29, 0.717) is 6.04 Å². The summed E-state index contributed by atoms with van der Waals surface area (Å²) in [7, 11) is 0. The summed E-state index contributed by atoms with van der Waals surface area (Å²) < 4.78 is 0. The van der Waals surface area contributed by atoms with Gasteiger partial charge in [0.05, 0.1) is 0 Å². The standard InChI is InChI=1S/C15H20N2O2/c1-10-4-5-11(2)14(8-10)17(12(3)18)9-15(19)16-13-6-7-13/h4-5,8,13H,6-7,9H2,1-3H3,(H,16,19). The normalized spacial score (nSPS) is 14.1. The molecule has 1 aromatic carbocycles. The average molecular weight is 260 g/mol. The summed E-state index contributed by atoms with van der Waals surface area (Å²) in [6.07, 6.45) is 2.10. The molecule has 1 aromatic rings. The first-order valence-corrected chi connectivity index (χ1v) is 6.62. The summed E-state index contributed by atoms with van der Waals surface area (Å²) in [5, 5.41) is 2.91. The molecule has 19 heavy (non-hydrogen) atoms. The van der Waals surface area contributed by atoms with Gasteiger partial charge >= 0.3 is 0 Å². The number of anilines is 1. The van der Waals surface area contributed by atoms with Gasteiger partial charge in [0.25, 0.3) is 0 Å². The molecule has 1 fully saturated rings. The van der Waals surface area contributed by atoms with Crippen LogP contribution in [0.15, 0.2) is 18.2 Å². The fourth-order valence-corrected chi connectivity index (χ4v) is 2.02. The third kappa shape index (κ3) is 3.56. The Kier molecular flexibility index (Phi) is 3.88. The maximum atomic E-state index is 11.9. The van der Waals surface area contributed by atoms with E-state index in [9.17, 15) is 9.59 Å². The number of amides is 2. The van der Waals surface area contributed by atoms with E-state index in [-0.39, 0.29) is 18.4 Å². The molecule has 0 unspecified atom stereocenters. The molecule has 2 rings (SSSR count). The first-order chi connectivity index (χ1) is 8.97. The lowest BCUT2D eigenvalue weighted by Gasteiger charge is -2.23. The Morgan fingerprint density at radius 1 is 1.32 bits per heavy atom. The van der Waals surface area contributed by atoms with Gasteiger partial charge in [0, 0.05) is 18.7 Å². The van der Waals surface area contributed by atoms with Crippen LogP contribution in [-0.2, 0) is 9.59 Å². The van der Waals surface area contributed by atoms with Gasteiger partial charge < -0.3 is 10.2 Å². The summed E-state index contributed by atoms with van der Waals surface area (Å²) in [6, 6.07) is 6.24. The summed E-state index contributed by atoms with van der Waals surface area (Å²) in [5.41, 5.74) is 2.90. The Morgan fingerprint density at radius 3 is 2.58 bits per heavy atom. The second-order valence-electron chi connectivity index (χ2n) is 5.24. The van der Waals surface area contributed by atoms with Crippen LogP contribution in [0.3, 0.4) is 0 Å². The molecule has 102 valence electrons. The third-order valence-corrected chi connectivity index (χ3v) is 3.28. The lowest BCUT2D eigenvalue weighted by Crippen LogP contribution is -2.40. The number of hydrogen-bond acceptors (Lipinski definition) is 2. The number of hydrogen-bond donors (Lipinski definition) is 1. The van der Waals surface area contributed by atoms with Crippen molar-refractivity contribution < 1.29 is 9.59 Å². The minimum atomic E-state index is -0.111. The number of rotatable bonds is 4. The molecular formula is C15H20N2O2. The number of nitrogens with one attached hydrogen (secondary N) is 1. The zero-order valence-electron chi connectivity index (χ0n) is 11.7. The fourth-order valence-electron chi connectivity index (χ4n) is 2.02. The van der Waals surface area contributed by atoms with Crippen molar-refractivity contribution in [1.82, 2.24) is 5.32 Å². The molecule has 1 aliphatic rings. The molecule has 0 heterocycles. The van der Waals surface area contributed by atoms with Gasteiger partial charge in [-0.2, -0.15) is 0 Å². The minimum Gasteiger partial charge on any atom is -0.352 e. The summed E-state index contributed by atoms with van der Waals surface area (Å²) in [6.45, 7) is 5.51. The number of benzene rings is 1. The first kappa shape index (κ1) is 13.6. The van der Waals surface area contributed by atoms with E-state index in [1.54, 1.807) is 4.90 Å². The number of carbonyl (C=O) groups is 2. The minimum absolute atomic E-state index is 0.0846. The van der Waals surface area contributed by atoms with E-state index in [4.69, 9.17) is 0 Å². The zero-order chi connectivity index (χ0) is 14.0. The predicted molar refractivity (Wildman–Crippen MR) is 75.1 cm³/mol. The van der Waals surface area contributed by atoms with Gasteiger partial charge in [-0.3, -0.25) is 9.59 Å². The fraction of sp³-hybridized carbons (Fsp3) is 0.467. The zero-order valence-corrected chi connectivity index (χ0v) is 11.7. The lowest BCUT2D eigenvalue weighted by molar-refractivity contribution is -0.123. The molecule has 0 atom stereocenters. The summed E-state index contributed by atoms with van der Waals surface area (Å²) in [4.78, 5) is 25.2. The number of nitrogens with zero attached hydrogens (tertiary/aromatic N) is 1. The first-order valence-electron chi connectivity index (χ1n) is 6.62. The van der Waals surface area contributed by atoms with Crippen molar-refractivity contribution >= 4 is 17.5 Å². The topological polar surface area (TPSA) is 49.4 Å². The number of aryl methyl sites for hydroxylation is 2. The summed E-state index contributed by atoms with van der Waals surface area (Å²) >= 11 is 0. The Morgan fingerprint density at radius 2 is 2.00 bits per heavy atom. The Labute approximate surface area is 113 Å².